The second-order valence-electron chi connectivity index (χ2n) is 5.49. The maximum Gasteiger partial charge on any atom is 0.269 e. The average molecular weight is 341 g/mol. The van der Waals surface area contributed by atoms with Crippen molar-refractivity contribution >= 4 is 17.2 Å². The van der Waals surface area contributed by atoms with Crippen molar-refractivity contribution in [3.05, 3.63) is 52.3 Å². The molecule has 0 aliphatic carbocycles. The van der Waals surface area contributed by atoms with Crippen LogP contribution in [-0.4, -0.2) is 22.9 Å². The molecule has 0 fully saturated rings. The van der Waals surface area contributed by atoms with Crippen LogP contribution in [0.15, 0.2) is 41.1 Å². The van der Waals surface area contributed by atoms with Crippen LogP contribution < -0.4 is 14.8 Å². The zero-order valence-corrected chi connectivity index (χ0v) is 13.7. The molecule has 7 heteroatoms. The fraction of sp³-hybridized carbons (Fsp3) is 0.176. The van der Waals surface area contributed by atoms with E-state index in [0.29, 0.717) is 17.1 Å². The number of nitrogens with one attached hydrogen (secondary N) is 2. The first-order chi connectivity index (χ1) is 11.7. The molecule has 1 atom stereocenters. The molecule has 6 nitrogen and oxygen atoms in total. The summed E-state index contributed by atoms with van der Waals surface area (Å²) >= 11 is 1.61. The fourth-order valence-corrected chi connectivity index (χ4v) is 3.27. The lowest BCUT2D eigenvalue weighted by molar-refractivity contribution is 0.0935. The lowest BCUT2D eigenvalue weighted by Gasteiger charge is -2.11. The summed E-state index contributed by atoms with van der Waals surface area (Å²) in [5.41, 5.74) is 3.05. The number of nitrogens with zero attached hydrogens (tertiary/aromatic N) is 1. The van der Waals surface area contributed by atoms with Crippen molar-refractivity contribution in [3.63, 3.8) is 0 Å². The average Bonchev–Trinajstić information content (AvgIpc) is 3.33. The number of H-pyrrole nitrogens is 1. The summed E-state index contributed by atoms with van der Waals surface area (Å²) in [6, 6.07) is 9.26. The van der Waals surface area contributed by atoms with Crippen molar-refractivity contribution in [2.75, 3.05) is 6.79 Å². The van der Waals surface area contributed by atoms with Crippen molar-refractivity contribution in [2.45, 2.75) is 13.0 Å². The minimum absolute atomic E-state index is 0.0546. The van der Waals surface area contributed by atoms with Gasteiger partial charge in [-0.05, 0) is 53.6 Å². The molecule has 0 saturated carbocycles. The highest BCUT2D eigenvalue weighted by atomic mass is 32.1. The number of thiophene rings is 1. The normalized spacial score (nSPS) is 13.7. The number of benzene rings is 1. The summed E-state index contributed by atoms with van der Waals surface area (Å²) in [4.78, 5) is 12.4. The van der Waals surface area contributed by atoms with E-state index in [0.717, 1.165) is 16.9 Å². The van der Waals surface area contributed by atoms with Crippen LogP contribution in [0, 0.1) is 0 Å². The Hall–Kier alpha value is -2.80. The van der Waals surface area contributed by atoms with Gasteiger partial charge in [0.25, 0.3) is 5.91 Å². The Labute approximate surface area is 142 Å². The summed E-state index contributed by atoms with van der Waals surface area (Å²) in [7, 11) is 0. The van der Waals surface area contributed by atoms with E-state index in [2.05, 4.69) is 15.5 Å². The largest absolute Gasteiger partial charge is 0.454 e. The lowest BCUT2D eigenvalue weighted by Crippen LogP contribution is -2.26. The van der Waals surface area contributed by atoms with Crippen molar-refractivity contribution in [1.29, 1.82) is 0 Å². The summed E-state index contributed by atoms with van der Waals surface area (Å²) < 4.78 is 10.7. The van der Waals surface area contributed by atoms with Gasteiger partial charge in [-0.2, -0.15) is 16.4 Å². The number of carbonyl (C=O) groups excluding carboxylic acids is 1. The van der Waals surface area contributed by atoms with Crippen molar-refractivity contribution in [2.24, 2.45) is 0 Å². The third-order valence-electron chi connectivity index (χ3n) is 3.88. The highest BCUT2D eigenvalue weighted by Gasteiger charge is 2.17. The van der Waals surface area contributed by atoms with E-state index in [-0.39, 0.29) is 18.7 Å². The maximum absolute atomic E-state index is 12.4. The molecule has 0 radical (unpaired) electrons. The molecular weight excluding hydrogens is 326 g/mol. The summed E-state index contributed by atoms with van der Waals surface area (Å²) in [5, 5.41) is 14.0. The molecule has 1 amide bonds. The van der Waals surface area contributed by atoms with Crippen LogP contribution in [0.25, 0.3) is 11.3 Å². The number of hydrogen-bond donors (Lipinski definition) is 2. The Kier molecular flexibility index (Phi) is 3.70. The van der Waals surface area contributed by atoms with Crippen LogP contribution in [0.2, 0.25) is 0 Å². The van der Waals surface area contributed by atoms with E-state index >= 15 is 0 Å². The van der Waals surface area contributed by atoms with Crippen molar-refractivity contribution in [1.82, 2.24) is 15.5 Å². The Balaban J connectivity index is 1.51. The molecule has 122 valence electrons. The van der Waals surface area contributed by atoms with Crippen LogP contribution in [0.5, 0.6) is 11.5 Å². The van der Waals surface area contributed by atoms with Gasteiger partial charge < -0.3 is 14.8 Å². The quantitative estimate of drug-likeness (QED) is 0.763. The number of aromatic nitrogens is 2. The van der Waals surface area contributed by atoms with E-state index in [9.17, 15) is 4.79 Å². The Morgan fingerprint density at radius 2 is 2.17 bits per heavy atom. The molecule has 0 spiro atoms. The predicted octanol–water partition coefficient (Wildman–Crippen LogP) is 3.36. The van der Waals surface area contributed by atoms with E-state index in [1.54, 1.807) is 17.4 Å². The molecule has 3 aromatic rings. The molecule has 4 rings (SSSR count). The number of carbonyl (C=O) groups is 1. The maximum atomic E-state index is 12.4. The van der Waals surface area contributed by atoms with Crippen molar-refractivity contribution in [3.8, 4) is 22.8 Å². The van der Waals surface area contributed by atoms with Crippen LogP contribution in [-0.2, 0) is 0 Å². The first kappa shape index (κ1) is 14.8. The third-order valence-corrected chi connectivity index (χ3v) is 4.58. The van der Waals surface area contributed by atoms with E-state index in [1.807, 2.05) is 41.9 Å². The van der Waals surface area contributed by atoms with Gasteiger partial charge in [0.05, 0.1) is 11.7 Å². The van der Waals surface area contributed by atoms with Gasteiger partial charge in [0.1, 0.15) is 5.69 Å². The second kappa shape index (κ2) is 6.01. The summed E-state index contributed by atoms with van der Waals surface area (Å²) in [6.07, 6.45) is 0. The SMILES string of the molecule is CC(NC(=O)c1cc(-c2ccc3c(c2)OCO3)n[nH]1)c1ccsc1. The Morgan fingerprint density at radius 1 is 1.29 bits per heavy atom. The summed E-state index contributed by atoms with van der Waals surface area (Å²) in [6.45, 7) is 2.18. The fourth-order valence-electron chi connectivity index (χ4n) is 2.52. The molecular formula is C17H15N3O3S. The van der Waals surface area contributed by atoms with Gasteiger partial charge in [-0.1, -0.05) is 0 Å². The van der Waals surface area contributed by atoms with Gasteiger partial charge in [-0.3, -0.25) is 9.89 Å². The monoisotopic (exact) mass is 341 g/mol. The molecule has 2 aromatic heterocycles. The topological polar surface area (TPSA) is 76.2 Å². The lowest BCUT2D eigenvalue weighted by atomic mass is 10.1. The predicted molar refractivity (Wildman–Crippen MR) is 90.3 cm³/mol. The van der Waals surface area contributed by atoms with E-state index < -0.39 is 0 Å². The van der Waals surface area contributed by atoms with Crippen LogP contribution in [0.3, 0.4) is 0 Å². The molecule has 24 heavy (non-hydrogen) atoms. The molecule has 0 saturated heterocycles. The highest BCUT2D eigenvalue weighted by Crippen LogP contribution is 2.35. The smallest absolute Gasteiger partial charge is 0.269 e. The number of ether oxygens (including phenoxy) is 2. The number of aromatic amines is 1. The van der Waals surface area contributed by atoms with Gasteiger partial charge in [-0.15, -0.1) is 0 Å². The first-order valence-electron chi connectivity index (χ1n) is 7.49. The third kappa shape index (κ3) is 2.74. The molecule has 1 aliphatic rings. The van der Waals surface area contributed by atoms with Gasteiger partial charge in [0.2, 0.25) is 6.79 Å². The number of amides is 1. The Morgan fingerprint density at radius 3 is 3.00 bits per heavy atom. The van der Waals surface area contributed by atoms with Crippen LogP contribution in [0.4, 0.5) is 0 Å². The van der Waals surface area contributed by atoms with Gasteiger partial charge in [0, 0.05) is 5.56 Å². The number of rotatable bonds is 4. The van der Waals surface area contributed by atoms with E-state index in [4.69, 9.17) is 9.47 Å². The van der Waals surface area contributed by atoms with Crippen LogP contribution >= 0.6 is 11.3 Å². The second-order valence-corrected chi connectivity index (χ2v) is 6.27. The summed E-state index contributed by atoms with van der Waals surface area (Å²) in [5.74, 6) is 1.22. The first-order valence-corrected chi connectivity index (χ1v) is 8.43. The van der Waals surface area contributed by atoms with Gasteiger partial charge in [0.15, 0.2) is 11.5 Å². The highest BCUT2D eigenvalue weighted by molar-refractivity contribution is 7.07. The molecule has 3 heterocycles. The van der Waals surface area contributed by atoms with E-state index in [1.165, 1.54) is 0 Å². The Bertz CT molecular complexity index is 873. The number of hydrogen-bond acceptors (Lipinski definition) is 5. The molecule has 2 N–H and O–H groups in total. The zero-order valence-electron chi connectivity index (χ0n) is 12.9. The number of fused-ring (bicyclic) bond motifs is 1. The molecule has 0 bridgehead atoms. The van der Waals surface area contributed by atoms with Crippen LogP contribution in [0.1, 0.15) is 29.0 Å². The molecule has 1 aliphatic heterocycles. The zero-order chi connectivity index (χ0) is 16.5. The van der Waals surface area contributed by atoms with Gasteiger partial charge >= 0.3 is 0 Å². The standard InChI is InChI=1S/C17H15N3O3S/c1-10(12-4-5-24-8-12)18-17(21)14-7-13(19-20-14)11-2-3-15-16(6-11)23-9-22-15/h2-8,10H,9H2,1H3,(H,18,21)(H,19,20). The molecule has 1 aromatic carbocycles. The van der Waals surface area contributed by atoms with Crippen molar-refractivity contribution < 1.29 is 14.3 Å². The van der Waals surface area contributed by atoms with Gasteiger partial charge in [-0.25, -0.2) is 0 Å². The minimum Gasteiger partial charge on any atom is -0.454 e. The minimum atomic E-state index is -0.187. The molecule has 1 unspecified atom stereocenters.